The van der Waals surface area contributed by atoms with Crippen molar-refractivity contribution in [3.63, 3.8) is 0 Å². The number of likely N-dealkylation sites (tertiary alicyclic amines) is 2. The first kappa shape index (κ1) is 19.3. The van der Waals surface area contributed by atoms with Crippen molar-refractivity contribution in [1.82, 2.24) is 9.80 Å². The van der Waals surface area contributed by atoms with Gasteiger partial charge in [0.2, 0.25) is 5.91 Å². The second-order valence-corrected chi connectivity index (χ2v) is 7.54. The molecule has 0 saturated carbocycles. The Balaban J connectivity index is 0.00000208. The third kappa shape index (κ3) is 4.97. The minimum absolute atomic E-state index is 0. The molecule has 3 nitrogen and oxygen atoms in total. The van der Waals surface area contributed by atoms with Crippen LogP contribution < -0.4 is 0 Å². The van der Waals surface area contributed by atoms with Crippen LogP contribution in [0.4, 0.5) is 0 Å². The first-order valence-corrected chi connectivity index (χ1v) is 9.18. The molecule has 0 atom stereocenters. The van der Waals surface area contributed by atoms with Crippen molar-refractivity contribution in [2.24, 2.45) is 11.8 Å². The Morgan fingerprint density at radius 2 is 1.58 bits per heavy atom. The minimum atomic E-state index is 0. The van der Waals surface area contributed by atoms with Crippen molar-refractivity contribution in [3.05, 3.63) is 35.4 Å². The molecule has 24 heavy (non-hydrogen) atoms. The molecule has 3 rings (SSSR count). The maximum absolute atomic E-state index is 12.7. The molecule has 4 heteroatoms. The zero-order chi connectivity index (χ0) is 16.2. The van der Waals surface area contributed by atoms with Crippen molar-refractivity contribution in [3.8, 4) is 0 Å². The lowest BCUT2D eigenvalue weighted by Gasteiger charge is -2.36. The third-order valence-electron chi connectivity index (χ3n) is 5.56. The van der Waals surface area contributed by atoms with Crippen LogP contribution in [-0.2, 0) is 11.3 Å². The van der Waals surface area contributed by atoms with Gasteiger partial charge in [-0.05, 0) is 57.2 Å². The lowest BCUT2D eigenvalue weighted by atomic mass is 9.92. The van der Waals surface area contributed by atoms with E-state index in [1.54, 1.807) is 0 Å². The van der Waals surface area contributed by atoms with Crippen LogP contribution in [0.15, 0.2) is 24.3 Å². The van der Waals surface area contributed by atoms with Crippen molar-refractivity contribution in [2.45, 2.75) is 46.1 Å². The highest BCUT2D eigenvalue weighted by Gasteiger charge is 2.30. The molecule has 0 aromatic heterocycles. The van der Waals surface area contributed by atoms with E-state index in [9.17, 15) is 4.79 Å². The summed E-state index contributed by atoms with van der Waals surface area (Å²) in [5.41, 5.74) is 2.69. The standard InChI is InChI=1S/C20H30N2O.ClH/c1-16-3-5-18(6-4-16)15-21-11-9-19(10-12-21)20(23)22-13-7-17(2)8-14-22;/h3-6,17,19H,7-15H2,1-2H3;1H. The smallest absolute Gasteiger partial charge is 0.225 e. The quantitative estimate of drug-likeness (QED) is 0.825. The van der Waals surface area contributed by atoms with E-state index in [1.165, 1.54) is 24.0 Å². The van der Waals surface area contributed by atoms with Crippen LogP contribution in [0.1, 0.15) is 43.7 Å². The van der Waals surface area contributed by atoms with Crippen LogP contribution >= 0.6 is 12.4 Å². The van der Waals surface area contributed by atoms with Gasteiger partial charge in [-0.2, -0.15) is 0 Å². The minimum Gasteiger partial charge on any atom is -0.342 e. The van der Waals surface area contributed by atoms with Crippen LogP contribution in [0.25, 0.3) is 0 Å². The van der Waals surface area contributed by atoms with E-state index in [0.29, 0.717) is 5.91 Å². The Kier molecular flexibility index (Phi) is 7.12. The van der Waals surface area contributed by atoms with Crippen LogP contribution in [-0.4, -0.2) is 41.9 Å². The highest BCUT2D eigenvalue weighted by Crippen LogP contribution is 2.24. The molecule has 1 amide bonds. The number of amides is 1. The Hall–Kier alpha value is -1.06. The number of nitrogens with zero attached hydrogens (tertiary/aromatic N) is 2. The maximum Gasteiger partial charge on any atom is 0.225 e. The van der Waals surface area contributed by atoms with Gasteiger partial charge >= 0.3 is 0 Å². The van der Waals surface area contributed by atoms with E-state index >= 15 is 0 Å². The number of benzene rings is 1. The lowest BCUT2D eigenvalue weighted by molar-refractivity contribution is -0.138. The fourth-order valence-electron chi connectivity index (χ4n) is 3.78. The highest BCUT2D eigenvalue weighted by molar-refractivity contribution is 5.85. The number of carbonyl (C=O) groups is 1. The summed E-state index contributed by atoms with van der Waals surface area (Å²) in [4.78, 5) is 17.3. The van der Waals surface area contributed by atoms with Crippen LogP contribution in [0.5, 0.6) is 0 Å². The predicted octanol–water partition coefficient (Wildman–Crippen LogP) is 3.89. The summed E-state index contributed by atoms with van der Waals surface area (Å²) >= 11 is 0. The first-order chi connectivity index (χ1) is 11.1. The maximum atomic E-state index is 12.7. The van der Waals surface area contributed by atoms with E-state index in [0.717, 1.165) is 51.5 Å². The molecule has 0 unspecified atom stereocenters. The summed E-state index contributed by atoms with van der Waals surface area (Å²) in [6.07, 6.45) is 4.41. The SMILES string of the molecule is Cc1ccc(CN2CCC(C(=O)N3CCC(C)CC3)CC2)cc1.Cl. The molecule has 0 N–H and O–H groups in total. The van der Waals surface area contributed by atoms with E-state index < -0.39 is 0 Å². The monoisotopic (exact) mass is 350 g/mol. The molecule has 1 aromatic carbocycles. The molecule has 0 bridgehead atoms. The zero-order valence-electron chi connectivity index (χ0n) is 15.0. The van der Waals surface area contributed by atoms with Crippen molar-refractivity contribution >= 4 is 18.3 Å². The summed E-state index contributed by atoms with van der Waals surface area (Å²) in [6.45, 7) is 9.49. The van der Waals surface area contributed by atoms with Gasteiger partial charge in [0.15, 0.2) is 0 Å². The van der Waals surface area contributed by atoms with Crippen molar-refractivity contribution in [2.75, 3.05) is 26.2 Å². The fraction of sp³-hybridized carbons (Fsp3) is 0.650. The van der Waals surface area contributed by atoms with E-state index in [-0.39, 0.29) is 18.3 Å². The van der Waals surface area contributed by atoms with Gasteiger partial charge in [-0.3, -0.25) is 9.69 Å². The van der Waals surface area contributed by atoms with Crippen LogP contribution in [0.3, 0.4) is 0 Å². The first-order valence-electron chi connectivity index (χ1n) is 9.18. The molecule has 2 heterocycles. The molecule has 0 aliphatic carbocycles. The summed E-state index contributed by atoms with van der Waals surface area (Å²) in [5, 5.41) is 0. The van der Waals surface area contributed by atoms with E-state index in [2.05, 4.69) is 47.9 Å². The predicted molar refractivity (Wildman–Crippen MR) is 101 cm³/mol. The van der Waals surface area contributed by atoms with Gasteiger partial charge in [0.1, 0.15) is 0 Å². The molecule has 2 aliphatic heterocycles. The Labute approximate surface area is 152 Å². The lowest BCUT2D eigenvalue weighted by Crippen LogP contribution is -2.45. The number of halogens is 1. The molecule has 1 aromatic rings. The van der Waals surface area contributed by atoms with Gasteiger partial charge < -0.3 is 4.90 Å². The number of piperidine rings is 2. The molecular formula is C20H31ClN2O. The van der Waals surface area contributed by atoms with Gasteiger partial charge in [0.25, 0.3) is 0 Å². The van der Waals surface area contributed by atoms with Crippen molar-refractivity contribution < 1.29 is 4.79 Å². The number of rotatable bonds is 3. The van der Waals surface area contributed by atoms with Crippen LogP contribution in [0.2, 0.25) is 0 Å². The summed E-state index contributed by atoms with van der Waals surface area (Å²) in [7, 11) is 0. The van der Waals surface area contributed by atoms with Crippen LogP contribution in [0, 0.1) is 18.8 Å². The van der Waals surface area contributed by atoms with Gasteiger partial charge in [0.05, 0.1) is 0 Å². The molecule has 0 spiro atoms. The van der Waals surface area contributed by atoms with Gasteiger partial charge in [-0.25, -0.2) is 0 Å². The normalized spacial score (nSPS) is 20.7. The van der Waals surface area contributed by atoms with Crippen molar-refractivity contribution in [1.29, 1.82) is 0 Å². The topological polar surface area (TPSA) is 23.6 Å². The Bertz CT molecular complexity index is 515. The average molecular weight is 351 g/mol. The third-order valence-corrected chi connectivity index (χ3v) is 5.56. The summed E-state index contributed by atoms with van der Waals surface area (Å²) in [6, 6.07) is 8.81. The molecule has 0 radical (unpaired) electrons. The second-order valence-electron chi connectivity index (χ2n) is 7.54. The molecule has 2 fully saturated rings. The second kappa shape index (κ2) is 8.87. The highest BCUT2D eigenvalue weighted by atomic mass is 35.5. The van der Waals surface area contributed by atoms with Gasteiger partial charge in [-0.1, -0.05) is 36.8 Å². The Morgan fingerprint density at radius 3 is 2.17 bits per heavy atom. The Morgan fingerprint density at radius 1 is 1.00 bits per heavy atom. The largest absolute Gasteiger partial charge is 0.342 e. The number of hydrogen-bond acceptors (Lipinski definition) is 2. The summed E-state index contributed by atoms with van der Waals surface area (Å²) < 4.78 is 0. The average Bonchev–Trinajstić information content (AvgIpc) is 2.58. The van der Waals surface area contributed by atoms with E-state index in [4.69, 9.17) is 0 Å². The summed E-state index contributed by atoms with van der Waals surface area (Å²) in [5.74, 6) is 1.47. The molecule has 2 aliphatic rings. The van der Waals surface area contributed by atoms with Gasteiger partial charge in [0, 0.05) is 25.6 Å². The fourth-order valence-corrected chi connectivity index (χ4v) is 3.78. The van der Waals surface area contributed by atoms with Gasteiger partial charge in [-0.15, -0.1) is 12.4 Å². The molecule has 134 valence electrons. The number of aryl methyl sites for hydroxylation is 1. The number of hydrogen-bond donors (Lipinski definition) is 0. The molecule has 2 saturated heterocycles. The van der Waals surface area contributed by atoms with E-state index in [1.807, 2.05) is 0 Å². The zero-order valence-corrected chi connectivity index (χ0v) is 15.9. The number of carbonyl (C=O) groups excluding carboxylic acids is 1. The molecular weight excluding hydrogens is 320 g/mol.